The molecule has 0 fully saturated rings. The Balaban J connectivity index is 1.64. The van der Waals surface area contributed by atoms with Gasteiger partial charge in [-0.3, -0.25) is 0 Å². The summed E-state index contributed by atoms with van der Waals surface area (Å²) < 4.78 is 11.9. The number of fused-ring (bicyclic) bond motifs is 1. The molecule has 0 bridgehead atoms. The Bertz CT molecular complexity index is 614. The lowest BCUT2D eigenvalue weighted by atomic mass is 10.00. The molecule has 1 aliphatic heterocycles. The third kappa shape index (κ3) is 3.51. The molecular formula is C16H18ClNO2S. The van der Waals surface area contributed by atoms with Gasteiger partial charge in [0.15, 0.2) is 0 Å². The summed E-state index contributed by atoms with van der Waals surface area (Å²) >= 11 is 7.60. The number of rotatable bonds is 5. The fourth-order valence-electron chi connectivity index (χ4n) is 2.57. The molecule has 1 N–H and O–H groups in total. The molecule has 0 amide bonds. The van der Waals surface area contributed by atoms with Crippen molar-refractivity contribution in [3.63, 3.8) is 0 Å². The molecular weight excluding hydrogens is 306 g/mol. The van der Waals surface area contributed by atoms with Gasteiger partial charge in [0.1, 0.15) is 11.5 Å². The molecule has 21 heavy (non-hydrogen) atoms. The summed E-state index contributed by atoms with van der Waals surface area (Å²) in [5.74, 6) is 1.83. The normalized spacial score (nSPS) is 17.1. The van der Waals surface area contributed by atoms with Crippen LogP contribution in [0, 0.1) is 0 Å². The molecule has 0 saturated heterocycles. The SMILES string of the molecule is COc1ccc2c(c1)C(NCCc1ccc(Cl)s1)CCO2. The molecule has 5 heteroatoms. The Morgan fingerprint density at radius 1 is 1.38 bits per heavy atom. The van der Waals surface area contributed by atoms with Crippen LogP contribution in [0.5, 0.6) is 11.5 Å². The van der Waals surface area contributed by atoms with Crippen molar-refractivity contribution >= 4 is 22.9 Å². The summed E-state index contributed by atoms with van der Waals surface area (Å²) in [6.07, 6.45) is 1.97. The second kappa shape index (κ2) is 6.69. The fraction of sp³-hybridized carbons (Fsp3) is 0.375. The van der Waals surface area contributed by atoms with Gasteiger partial charge in [-0.25, -0.2) is 0 Å². The molecule has 1 atom stereocenters. The zero-order chi connectivity index (χ0) is 14.7. The van der Waals surface area contributed by atoms with Gasteiger partial charge in [-0.1, -0.05) is 11.6 Å². The molecule has 1 aromatic heterocycles. The molecule has 2 heterocycles. The van der Waals surface area contributed by atoms with Gasteiger partial charge in [-0.05, 0) is 36.8 Å². The van der Waals surface area contributed by atoms with Crippen LogP contribution in [-0.2, 0) is 6.42 Å². The Labute approximate surface area is 133 Å². The van der Waals surface area contributed by atoms with Gasteiger partial charge in [-0.2, -0.15) is 0 Å². The molecule has 0 aliphatic carbocycles. The van der Waals surface area contributed by atoms with Crippen molar-refractivity contribution in [3.8, 4) is 11.5 Å². The molecule has 3 rings (SSSR count). The minimum atomic E-state index is 0.319. The average Bonchev–Trinajstić information content (AvgIpc) is 2.92. The quantitative estimate of drug-likeness (QED) is 0.900. The maximum Gasteiger partial charge on any atom is 0.124 e. The predicted molar refractivity (Wildman–Crippen MR) is 86.9 cm³/mol. The summed E-state index contributed by atoms with van der Waals surface area (Å²) in [6, 6.07) is 10.4. The molecule has 2 aromatic rings. The number of halogens is 1. The minimum absolute atomic E-state index is 0.319. The second-order valence-corrected chi connectivity index (χ2v) is 6.80. The number of nitrogens with one attached hydrogen (secondary N) is 1. The lowest BCUT2D eigenvalue weighted by molar-refractivity contribution is 0.252. The van der Waals surface area contributed by atoms with E-state index in [-0.39, 0.29) is 0 Å². The zero-order valence-electron chi connectivity index (χ0n) is 11.9. The number of benzene rings is 1. The second-order valence-electron chi connectivity index (χ2n) is 5.00. The summed E-state index contributed by atoms with van der Waals surface area (Å²) in [4.78, 5) is 1.31. The maximum absolute atomic E-state index is 5.96. The highest BCUT2D eigenvalue weighted by Gasteiger charge is 2.21. The van der Waals surface area contributed by atoms with Crippen molar-refractivity contribution in [2.45, 2.75) is 18.9 Å². The van der Waals surface area contributed by atoms with E-state index in [1.54, 1.807) is 18.4 Å². The van der Waals surface area contributed by atoms with E-state index in [1.807, 2.05) is 18.2 Å². The number of thiophene rings is 1. The lowest BCUT2D eigenvalue weighted by Gasteiger charge is -2.27. The molecule has 0 spiro atoms. The lowest BCUT2D eigenvalue weighted by Crippen LogP contribution is -2.28. The van der Waals surface area contributed by atoms with Crippen LogP contribution < -0.4 is 14.8 Å². The highest BCUT2D eigenvalue weighted by molar-refractivity contribution is 7.16. The van der Waals surface area contributed by atoms with Gasteiger partial charge in [-0.15, -0.1) is 11.3 Å². The van der Waals surface area contributed by atoms with E-state index in [2.05, 4.69) is 17.4 Å². The maximum atomic E-state index is 5.96. The van der Waals surface area contributed by atoms with Gasteiger partial charge < -0.3 is 14.8 Å². The molecule has 0 saturated carbocycles. The van der Waals surface area contributed by atoms with Crippen LogP contribution in [0.3, 0.4) is 0 Å². The highest BCUT2D eigenvalue weighted by atomic mass is 35.5. The molecule has 3 nitrogen and oxygen atoms in total. The number of ether oxygens (including phenoxy) is 2. The van der Waals surface area contributed by atoms with Crippen molar-refractivity contribution in [1.29, 1.82) is 0 Å². The van der Waals surface area contributed by atoms with Crippen molar-refractivity contribution < 1.29 is 9.47 Å². The van der Waals surface area contributed by atoms with E-state index in [4.69, 9.17) is 21.1 Å². The smallest absolute Gasteiger partial charge is 0.124 e. The molecule has 1 aromatic carbocycles. The molecule has 112 valence electrons. The Morgan fingerprint density at radius 3 is 3.05 bits per heavy atom. The minimum Gasteiger partial charge on any atom is -0.497 e. The topological polar surface area (TPSA) is 30.5 Å². The van der Waals surface area contributed by atoms with Gasteiger partial charge in [0.2, 0.25) is 0 Å². The van der Waals surface area contributed by atoms with Crippen LogP contribution in [-0.4, -0.2) is 20.3 Å². The highest BCUT2D eigenvalue weighted by Crippen LogP contribution is 2.34. The third-order valence-electron chi connectivity index (χ3n) is 3.65. The number of methoxy groups -OCH3 is 1. The van der Waals surface area contributed by atoms with Gasteiger partial charge in [0.05, 0.1) is 18.1 Å². The van der Waals surface area contributed by atoms with E-state index < -0.39 is 0 Å². The van der Waals surface area contributed by atoms with Crippen molar-refractivity contribution in [2.24, 2.45) is 0 Å². The molecule has 0 radical (unpaired) electrons. The van der Waals surface area contributed by atoms with Crippen LogP contribution in [0.1, 0.15) is 22.9 Å². The van der Waals surface area contributed by atoms with Crippen LogP contribution >= 0.6 is 22.9 Å². The average molecular weight is 324 g/mol. The molecule has 1 unspecified atom stereocenters. The largest absolute Gasteiger partial charge is 0.497 e. The summed E-state index contributed by atoms with van der Waals surface area (Å²) in [7, 11) is 1.69. The van der Waals surface area contributed by atoms with E-state index in [9.17, 15) is 0 Å². The fourth-order valence-corrected chi connectivity index (χ4v) is 3.65. The van der Waals surface area contributed by atoms with E-state index in [0.717, 1.165) is 41.8 Å². The summed E-state index contributed by atoms with van der Waals surface area (Å²) in [5, 5.41) is 3.61. The first kappa shape index (κ1) is 14.7. The number of hydrogen-bond donors (Lipinski definition) is 1. The third-order valence-corrected chi connectivity index (χ3v) is 4.94. The standard InChI is InChI=1S/C16H18ClNO2S/c1-19-11-2-4-15-13(10-11)14(7-9-20-15)18-8-6-12-3-5-16(17)21-12/h2-5,10,14,18H,6-9H2,1H3. The first-order chi connectivity index (χ1) is 10.3. The van der Waals surface area contributed by atoms with Crippen molar-refractivity contribution in [1.82, 2.24) is 5.32 Å². The van der Waals surface area contributed by atoms with Crippen LogP contribution in [0.25, 0.3) is 0 Å². The molecule has 1 aliphatic rings. The first-order valence-corrected chi connectivity index (χ1v) is 8.24. The van der Waals surface area contributed by atoms with Gasteiger partial charge in [0.25, 0.3) is 0 Å². The van der Waals surface area contributed by atoms with E-state index >= 15 is 0 Å². The van der Waals surface area contributed by atoms with Crippen LogP contribution in [0.15, 0.2) is 30.3 Å². The Kier molecular flexibility index (Phi) is 4.68. The summed E-state index contributed by atoms with van der Waals surface area (Å²) in [6.45, 7) is 1.68. The van der Waals surface area contributed by atoms with Gasteiger partial charge in [0, 0.05) is 29.4 Å². The van der Waals surface area contributed by atoms with E-state index in [0.29, 0.717) is 6.04 Å². The Hall–Kier alpha value is -1.23. The zero-order valence-corrected chi connectivity index (χ0v) is 13.5. The number of hydrogen-bond acceptors (Lipinski definition) is 4. The first-order valence-electron chi connectivity index (χ1n) is 7.04. The Morgan fingerprint density at radius 2 is 2.29 bits per heavy atom. The summed E-state index contributed by atoms with van der Waals surface area (Å²) in [5.41, 5.74) is 1.19. The monoisotopic (exact) mass is 323 g/mol. The van der Waals surface area contributed by atoms with Crippen LogP contribution in [0.4, 0.5) is 0 Å². The van der Waals surface area contributed by atoms with Crippen molar-refractivity contribution in [3.05, 3.63) is 45.1 Å². The van der Waals surface area contributed by atoms with Crippen molar-refractivity contribution in [2.75, 3.05) is 20.3 Å². The van der Waals surface area contributed by atoms with Gasteiger partial charge >= 0.3 is 0 Å². The van der Waals surface area contributed by atoms with E-state index in [1.165, 1.54) is 10.4 Å². The predicted octanol–water partition coefficient (Wildman–Crippen LogP) is 4.07. The van der Waals surface area contributed by atoms with Crippen LogP contribution in [0.2, 0.25) is 4.34 Å².